The van der Waals surface area contributed by atoms with Gasteiger partial charge in [0.05, 0.1) is 6.10 Å². The molecule has 0 heterocycles. The van der Waals surface area contributed by atoms with E-state index in [0.717, 1.165) is 6.42 Å². The van der Waals surface area contributed by atoms with Gasteiger partial charge in [0.2, 0.25) is 0 Å². The van der Waals surface area contributed by atoms with Gasteiger partial charge in [-0.25, -0.2) is 0 Å². The fourth-order valence-corrected chi connectivity index (χ4v) is 4.82. The molecule has 2 heteroatoms. The van der Waals surface area contributed by atoms with Crippen molar-refractivity contribution in [2.75, 3.05) is 0 Å². The summed E-state index contributed by atoms with van der Waals surface area (Å²) in [6.07, 6.45) is 14.7. The standard InChI is InChI=1S/C17H32OSi/c1-16(2,3)19(4,5)18-15-11-7-10-14-17(15)12-8-6-9-13-17/h7,10,15H,6,8-9,11-14H2,1-5H3. The van der Waals surface area contributed by atoms with E-state index in [1.54, 1.807) is 0 Å². The molecule has 0 aromatic carbocycles. The van der Waals surface area contributed by atoms with E-state index >= 15 is 0 Å². The van der Waals surface area contributed by atoms with Crippen LogP contribution in [-0.4, -0.2) is 14.4 Å². The van der Waals surface area contributed by atoms with Gasteiger partial charge in [-0.1, -0.05) is 52.2 Å². The van der Waals surface area contributed by atoms with E-state index < -0.39 is 8.32 Å². The van der Waals surface area contributed by atoms with Crippen molar-refractivity contribution in [1.82, 2.24) is 0 Å². The summed E-state index contributed by atoms with van der Waals surface area (Å²) in [5.74, 6) is 0. The lowest BCUT2D eigenvalue weighted by molar-refractivity contribution is 0.00362. The van der Waals surface area contributed by atoms with Crippen LogP contribution >= 0.6 is 0 Å². The van der Waals surface area contributed by atoms with Crippen LogP contribution < -0.4 is 0 Å². The van der Waals surface area contributed by atoms with Crippen LogP contribution in [0.4, 0.5) is 0 Å². The van der Waals surface area contributed by atoms with Gasteiger partial charge in [0.15, 0.2) is 8.32 Å². The predicted molar refractivity (Wildman–Crippen MR) is 86.0 cm³/mol. The van der Waals surface area contributed by atoms with Crippen molar-refractivity contribution in [2.45, 2.75) is 90.0 Å². The van der Waals surface area contributed by atoms with E-state index in [0.29, 0.717) is 16.6 Å². The lowest BCUT2D eigenvalue weighted by Crippen LogP contribution is -2.50. The maximum absolute atomic E-state index is 6.82. The molecule has 1 atom stereocenters. The molecule has 0 saturated heterocycles. The van der Waals surface area contributed by atoms with Crippen molar-refractivity contribution in [3.63, 3.8) is 0 Å². The first-order valence-electron chi connectivity index (χ1n) is 8.10. The molecule has 0 bridgehead atoms. The molecule has 1 saturated carbocycles. The fraction of sp³-hybridized carbons (Fsp3) is 0.882. The van der Waals surface area contributed by atoms with Crippen molar-refractivity contribution in [2.24, 2.45) is 5.41 Å². The molecule has 0 N–H and O–H groups in total. The highest BCUT2D eigenvalue weighted by atomic mass is 28.4. The van der Waals surface area contributed by atoms with Crippen LogP contribution in [0.2, 0.25) is 18.1 Å². The minimum absolute atomic E-state index is 0.323. The van der Waals surface area contributed by atoms with Crippen LogP contribution in [0.15, 0.2) is 12.2 Å². The smallest absolute Gasteiger partial charge is 0.192 e. The summed E-state index contributed by atoms with van der Waals surface area (Å²) in [5.41, 5.74) is 0.475. The fourth-order valence-electron chi connectivity index (χ4n) is 3.41. The third-order valence-electron chi connectivity index (χ3n) is 5.82. The normalized spacial score (nSPS) is 27.7. The van der Waals surface area contributed by atoms with Crippen molar-refractivity contribution in [3.05, 3.63) is 12.2 Å². The zero-order valence-corrected chi connectivity index (χ0v) is 14.6. The van der Waals surface area contributed by atoms with E-state index in [1.807, 2.05) is 0 Å². The molecule has 1 unspecified atom stereocenters. The average molecular weight is 281 g/mol. The summed E-state index contributed by atoms with van der Waals surface area (Å²) in [6.45, 7) is 11.9. The molecule has 1 spiro atoms. The minimum Gasteiger partial charge on any atom is -0.413 e. The molecular formula is C17H32OSi. The second kappa shape index (κ2) is 5.36. The minimum atomic E-state index is -1.64. The van der Waals surface area contributed by atoms with Gasteiger partial charge in [-0.3, -0.25) is 0 Å². The third-order valence-corrected chi connectivity index (χ3v) is 10.3. The lowest BCUT2D eigenvalue weighted by Gasteiger charge is -2.49. The van der Waals surface area contributed by atoms with Crippen LogP contribution in [0.5, 0.6) is 0 Å². The highest BCUT2D eigenvalue weighted by Crippen LogP contribution is 2.49. The zero-order valence-electron chi connectivity index (χ0n) is 13.6. The summed E-state index contributed by atoms with van der Waals surface area (Å²) in [6, 6.07) is 0. The molecule has 2 aliphatic rings. The molecule has 2 aliphatic carbocycles. The first-order valence-corrected chi connectivity index (χ1v) is 11.0. The maximum atomic E-state index is 6.82. The van der Waals surface area contributed by atoms with Crippen molar-refractivity contribution in [3.8, 4) is 0 Å². The van der Waals surface area contributed by atoms with Crippen molar-refractivity contribution >= 4 is 8.32 Å². The summed E-state index contributed by atoms with van der Waals surface area (Å²) in [4.78, 5) is 0. The number of hydrogen-bond acceptors (Lipinski definition) is 1. The third kappa shape index (κ3) is 3.16. The highest BCUT2D eigenvalue weighted by molar-refractivity contribution is 6.74. The SMILES string of the molecule is CC(C)(C)[Si](C)(C)OC1CC=CCC12CCCCC2. The van der Waals surface area contributed by atoms with E-state index in [2.05, 4.69) is 46.0 Å². The van der Waals surface area contributed by atoms with Crippen LogP contribution in [0.1, 0.15) is 65.7 Å². The molecule has 2 rings (SSSR count). The first kappa shape index (κ1) is 15.3. The summed E-state index contributed by atoms with van der Waals surface area (Å²) < 4.78 is 6.82. The van der Waals surface area contributed by atoms with Gasteiger partial charge in [0.1, 0.15) is 0 Å². The van der Waals surface area contributed by atoms with Gasteiger partial charge in [-0.15, -0.1) is 0 Å². The van der Waals surface area contributed by atoms with Crippen LogP contribution in [-0.2, 0) is 4.43 Å². The lowest BCUT2D eigenvalue weighted by atomic mass is 9.65. The molecule has 0 amide bonds. The molecule has 19 heavy (non-hydrogen) atoms. The van der Waals surface area contributed by atoms with E-state index in [-0.39, 0.29) is 0 Å². The first-order chi connectivity index (χ1) is 8.77. The quantitative estimate of drug-likeness (QED) is 0.467. The predicted octanol–water partition coefficient (Wildman–Crippen LogP) is 5.68. The van der Waals surface area contributed by atoms with Gasteiger partial charge in [-0.05, 0) is 49.2 Å². The van der Waals surface area contributed by atoms with Crippen LogP contribution in [0.25, 0.3) is 0 Å². The van der Waals surface area contributed by atoms with Gasteiger partial charge in [-0.2, -0.15) is 0 Å². The number of allylic oxidation sites excluding steroid dienone is 1. The van der Waals surface area contributed by atoms with Gasteiger partial charge in [0.25, 0.3) is 0 Å². The summed E-state index contributed by atoms with van der Waals surface area (Å²) in [7, 11) is -1.64. The highest BCUT2D eigenvalue weighted by Gasteiger charge is 2.46. The van der Waals surface area contributed by atoms with E-state index in [4.69, 9.17) is 4.43 Å². The van der Waals surface area contributed by atoms with Crippen LogP contribution in [0.3, 0.4) is 0 Å². The Kier molecular flexibility index (Phi) is 4.32. The Labute approximate surface area is 120 Å². The van der Waals surface area contributed by atoms with Crippen molar-refractivity contribution in [1.29, 1.82) is 0 Å². The number of hydrogen-bond donors (Lipinski definition) is 0. The van der Waals surface area contributed by atoms with Gasteiger partial charge >= 0.3 is 0 Å². The Bertz CT molecular complexity index is 332. The Balaban J connectivity index is 2.15. The second-order valence-corrected chi connectivity index (χ2v) is 13.0. The molecule has 1 nitrogen and oxygen atoms in total. The van der Waals surface area contributed by atoms with Gasteiger partial charge < -0.3 is 4.43 Å². The summed E-state index contributed by atoms with van der Waals surface area (Å²) >= 11 is 0. The molecule has 0 radical (unpaired) electrons. The van der Waals surface area contributed by atoms with Gasteiger partial charge in [0, 0.05) is 0 Å². The Hall–Kier alpha value is -0.0831. The van der Waals surface area contributed by atoms with Crippen LogP contribution in [0, 0.1) is 5.41 Å². The molecule has 0 aliphatic heterocycles. The summed E-state index contributed by atoms with van der Waals surface area (Å²) in [5, 5.41) is 0.323. The average Bonchev–Trinajstić information content (AvgIpc) is 2.32. The molecule has 0 aromatic rings. The largest absolute Gasteiger partial charge is 0.413 e. The molecular weight excluding hydrogens is 248 g/mol. The van der Waals surface area contributed by atoms with E-state index in [1.165, 1.54) is 38.5 Å². The monoisotopic (exact) mass is 280 g/mol. The Morgan fingerprint density at radius 3 is 2.26 bits per heavy atom. The van der Waals surface area contributed by atoms with E-state index in [9.17, 15) is 0 Å². The maximum Gasteiger partial charge on any atom is 0.192 e. The Morgan fingerprint density at radius 2 is 1.68 bits per heavy atom. The zero-order chi connectivity index (χ0) is 14.1. The second-order valence-electron chi connectivity index (χ2n) is 8.20. The van der Waals surface area contributed by atoms with Crippen molar-refractivity contribution < 1.29 is 4.43 Å². The molecule has 1 fully saturated rings. The molecule has 110 valence electrons. The molecule has 0 aromatic heterocycles. The number of rotatable bonds is 2. The Morgan fingerprint density at radius 1 is 1.05 bits per heavy atom. The topological polar surface area (TPSA) is 9.23 Å².